The van der Waals surface area contributed by atoms with Gasteiger partial charge in [-0.15, -0.1) is 0 Å². The van der Waals surface area contributed by atoms with Crippen molar-refractivity contribution >= 4 is 0 Å². The molecule has 0 unspecified atom stereocenters. The van der Waals surface area contributed by atoms with Crippen molar-refractivity contribution in [2.24, 2.45) is 0 Å². The van der Waals surface area contributed by atoms with Gasteiger partial charge in [0.15, 0.2) is 11.6 Å². The molecule has 0 aliphatic rings. The molecule has 2 rings (SSSR count). The standard InChI is InChI=1S/C13H10F2O/c14-12-6-5-9(7-13(12)15)11-4-2-1-3-10(11)8-16/h1-7,16H,8H2. The number of aliphatic hydroxyl groups is 1. The average molecular weight is 220 g/mol. The first-order valence-electron chi connectivity index (χ1n) is 4.86. The number of aliphatic hydroxyl groups excluding tert-OH is 1. The van der Waals surface area contributed by atoms with Gasteiger partial charge in [-0.1, -0.05) is 30.3 Å². The highest BCUT2D eigenvalue weighted by atomic mass is 19.2. The van der Waals surface area contributed by atoms with Crippen LogP contribution in [0.5, 0.6) is 0 Å². The van der Waals surface area contributed by atoms with Gasteiger partial charge < -0.3 is 5.11 Å². The first-order chi connectivity index (χ1) is 7.72. The van der Waals surface area contributed by atoms with E-state index in [1.54, 1.807) is 24.3 Å². The highest BCUT2D eigenvalue weighted by Gasteiger charge is 2.07. The third-order valence-corrected chi connectivity index (χ3v) is 2.42. The molecule has 0 aliphatic carbocycles. The van der Waals surface area contributed by atoms with Gasteiger partial charge in [-0.3, -0.25) is 0 Å². The van der Waals surface area contributed by atoms with Crippen LogP contribution in [0.25, 0.3) is 11.1 Å². The Hall–Kier alpha value is -1.74. The van der Waals surface area contributed by atoms with E-state index >= 15 is 0 Å². The Morgan fingerprint density at radius 3 is 2.38 bits per heavy atom. The van der Waals surface area contributed by atoms with E-state index in [1.165, 1.54) is 6.07 Å². The number of halogens is 2. The van der Waals surface area contributed by atoms with E-state index in [4.69, 9.17) is 5.11 Å². The summed E-state index contributed by atoms with van der Waals surface area (Å²) in [5.41, 5.74) is 1.96. The van der Waals surface area contributed by atoms with Crippen LogP contribution in [0.4, 0.5) is 8.78 Å². The van der Waals surface area contributed by atoms with Crippen LogP contribution in [0.15, 0.2) is 42.5 Å². The lowest BCUT2D eigenvalue weighted by atomic mass is 10.00. The van der Waals surface area contributed by atoms with Crippen LogP contribution in [0.1, 0.15) is 5.56 Å². The van der Waals surface area contributed by atoms with Crippen molar-refractivity contribution in [1.82, 2.24) is 0 Å². The summed E-state index contributed by atoms with van der Waals surface area (Å²) in [5, 5.41) is 9.14. The summed E-state index contributed by atoms with van der Waals surface area (Å²) in [6.45, 7) is -0.130. The molecule has 2 aromatic rings. The Morgan fingerprint density at radius 1 is 0.938 bits per heavy atom. The second kappa shape index (κ2) is 4.41. The van der Waals surface area contributed by atoms with E-state index in [9.17, 15) is 8.78 Å². The van der Waals surface area contributed by atoms with Gasteiger partial charge in [-0.2, -0.15) is 0 Å². The minimum absolute atomic E-state index is 0.130. The zero-order chi connectivity index (χ0) is 11.5. The Morgan fingerprint density at radius 2 is 1.69 bits per heavy atom. The predicted molar refractivity (Wildman–Crippen MR) is 57.7 cm³/mol. The van der Waals surface area contributed by atoms with E-state index in [0.717, 1.165) is 12.1 Å². The second-order valence-electron chi connectivity index (χ2n) is 3.44. The first kappa shape index (κ1) is 10.8. The van der Waals surface area contributed by atoms with Crippen LogP contribution in [0, 0.1) is 11.6 Å². The summed E-state index contributed by atoms with van der Waals surface area (Å²) in [5.74, 6) is -1.75. The van der Waals surface area contributed by atoms with Crippen molar-refractivity contribution in [3.8, 4) is 11.1 Å². The van der Waals surface area contributed by atoms with Crippen molar-refractivity contribution in [2.45, 2.75) is 6.61 Å². The number of rotatable bonds is 2. The van der Waals surface area contributed by atoms with Crippen LogP contribution in [0.2, 0.25) is 0 Å². The lowest BCUT2D eigenvalue weighted by Gasteiger charge is -2.07. The molecule has 0 atom stereocenters. The summed E-state index contributed by atoms with van der Waals surface area (Å²) in [4.78, 5) is 0. The van der Waals surface area contributed by atoms with Gasteiger partial charge in [-0.05, 0) is 28.8 Å². The maximum atomic E-state index is 13.1. The molecule has 0 saturated heterocycles. The van der Waals surface area contributed by atoms with E-state index in [0.29, 0.717) is 16.7 Å². The number of hydrogen-bond donors (Lipinski definition) is 1. The summed E-state index contributed by atoms with van der Waals surface area (Å²) in [7, 11) is 0. The maximum absolute atomic E-state index is 13.1. The molecule has 2 aromatic carbocycles. The SMILES string of the molecule is OCc1ccccc1-c1ccc(F)c(F)c1. The molecule has 0 amide bonds. The van der Waals surface area contributed by atoms with Crippen molar-refractivity contribution in [1.29, 1.82) is 0 Å². The number of hydrogen-bond acceptors (Lipinski definition) is 1. The lowest BCUT2D eigenvalue weighted by molar-refractivity contribution is 0.282. The molecule has 0 fully saturated rings. The van der Waals surface area contributed by atoms with E-state index in [-0.39, 0.29) is 6.61 Å². The van der Waals surface area contributed by atoms with Crippen LogP contribution in [0.3, 0.4) is 0 Å². The average Bonchev–Trinajstić information content (AvgIpc) is 2.32. The maximum Gasteiger partial charge on any atom is 0.159 e. The van der Waals surface area contributed by atoms with Gasteiger partial charge in [0.05, 0.1) is 6.61 Å². The Labute approximate surface area is 92.0 Å². The largest absolute Gasteiger partial charge is 0.392 e. The van der Waals surface area contributed by atoms with Gasteiger partial charge in [0.25, 0.3) is 0 Å². The molecule has 1 nitrogen and oxygen atoms in total. The molecular formula is C13H10F2O. The molecular weight excluding hydrogens is 210 g/mol. The van der Waals surface area contributed by atoms with Gasteiger partial charge >= 0.3 is 0 Å². The fourth-order valence-electron chi connectivity index (χ4n) is 1.60. The highest BCUT2D eigenvalue weighted by Crippen LogP contribution is 2.25. The first-order valence-corrected chi connectivity index (χ1v) is 4.86. The topological polar surface area (TPSA) is 20.2 Å². The summed E-state index contributed by atoms with van der Waals surface area (Å²) < 4.78 is 25.8. The Bertz CT molecular complexity index is 509. The van der Waals surface area contributed by atoms with Crippen molar-refractivity contribution in [3.63, 3.8) is 0 Å². The van der Waals surface area contributed by atoms with Crippen LogP contribution in [-0.4, -0.2) is 5.11 Å². The molecule has 16 heavy (non-hydrogen) atoms. The minimum Gasteiger partial charge on any atom is -0.392 e. The van der Waals surface area contributed by atoms with Gasteiger partial charge in [0.2, 0.25) is 0 Å². The molecule has 82 valence electrons. The molecule has 0 saturated carbocycles. The molecule has 3 heteroatoms. The monoisotopic (exact) mass is 220 g/mol. The van der Waals surface area contributed by atoms with E-state index in [1.807, 2.05) is 0 Å². The third kappa shape index (κ3) is 1.95. The zero-order valence-electron chi connectivity index (χ0n) is 8.45. The van der Waals surface area contributed by atoms with E-state index < -0.39 is 11.6 Å². The van der Waals surface area contributed by atoms with Gasteiger partial charge in [0, 0.05) is 0 Å². The predicted octanol–water partition coefficient (Wildman–Crippen LogP) is 3.12. The smallest absolute Gasteiger partial charge is 0.159 e. The molecule has 0 radical (unpaired) electrons. The van der Waals surface area contributed by atoms with Crippen molar-refractivity contribution in [2.75, 3.05) is 0 Å². The Balaban J connectivity index is 2.54. The zero-order valence-corrected chi connectivity index (χ0v) is 8.45. The molecule has 0 aromatic heterocycles. The molecule has 0 heterocycles. The molecule has 0 spiro atoms. The van der Waals surface area contributed by atoms with Crippen LogP contribution < -0.4 is 0 Å². The number of benzene rings is 2. The summed E-state index contributed by atoms with van der Waals surface area (Å²) in [6.07, 6.45) is 0. The van der Waals surface area contributed by atoms with Gasteiger partial charge in [-0.25, -0.2) is 8.78 Å². The molecule has 0 aliphatic heterocycles. The highest BCUT2D eigenvalue weighted by molar-refractivity contribution is 5.67. The quantitative estimate of drug-likeness (QED) is 0.824. The lowest BCUT2D eigenvalue weighted by Crippen LogP contribution is -1.91. The summed E-state index contributed by atoms with van der Waals surface area (Å²) >= 11 is 0. The van der Waals surface area contributed by atoms with Crippen molar-refractivity contribution in [3.05, 3.63) is 59.7 Å². The third-order valence-electron chi connectivity index (χ3n) is 2.42. The molecule has 0 bridgehead atoms. The van der Waals surface area contributed by atoms with Gasteiger partial charge in [0.1, 0.15) is 0 Å². The minimum atomic E-state index is -0.884. The molecule has 1 N–H and O–H groups in total. The normalized spacial score (nSPS) is 10.4. The fourth-order valence-corrected chi connectivity index (χ4v) is 1.60. The van der Waals surface area contributed by atoms with Crippen LogP contribution >= 0.6 is 0 Å². The van der Waals surface area contributed by atoms with E-state index in [2.05, 4.69) is 0 Å². The fraction of sp³-hybridized carbons (Fsp3) is 0.0769. The second-order valence-corrected chi connectivity index (χ2v) is 3.44. The van der Waals surface area contributed by atoms with Crippen molar-refractivity contribution < 1.29 is 13.9 Å². The Kier molecular flexibility index (Phi) is 2.97. The van der Waals surface area contributed by atoms with Crippen LogP contribution in [-0.2, 0) is 6.61 Å². The summed E-state index contributed by atoms with van der Waals surface area (Å²) in [6, 6.07) is 10.8.